The molecule has 2 aromatic heterocycles. The molecule has 128 valence electrons. The molecule has 0 amide bonds. The molecule has 5 nitrogen and oxygen atoms in total. The summed E-state index contributed by atoms with van der Waals surface area (Å²) in [5.74, 6) is 0.158. The highest BCUT2D eigenvalue weighted by Gasteiger charge is 2.20. The summed E-state index contributed by atoms with van der Waals surface area (Å²) in [6.07, 6.45) is 5.97. The molecule has 0 unspecified atom stereocenters. The minimum atomic E-state index is -0.356. The van der Waals surface area contributed by atoms with Gasteiger partial charge in [-0.3, -0.25) is 14.2 Å². The SMILES string of the molecule is O=C(CCn1cnc2sc3c(c2c1=O)CCCC3)Oc1ccccc1. The Hall–Kier alpha value is -2.47. The summed E-state index contributed by atoms with van der Waals surface area (Å²) in [7, 11) is 0. The van der Waals surface area contributed by atoms with Gasteiger partial charge in [-0.15, -0.1) is 11.3 Å². The van der Waals surface area contributed by atoms with Crippen molar-refractivity contribution in [3.63, 3.8) is 0 Å². The molecule has 0 radical (unpaired) electrons. The average molecular weight is 354 g/mol. The van der Waals surface area contributed by atoms with Crippen molar-refractivity contribution >= 4 is 27.5 Å². The van der Waals surface area contributed by atoms with E-state index in [1.807, 2.05) is 18.2 Å². The Morgan fingerprint density at radius 2 is 2.00 bits per heavy atom. The monoisotopic (exact) mass is 354 g/mol. The molecular formula is C19H18N2O3S. The lowest BCUT2D eigenvalue weighted by Crippen LogP contribution is -2.23. The topological polar surface area (TPSA) is 61.2 Å². The standard InChI is InChI=1S/C19H18N2O3S/c22-16(24-13-6-2-1-3-7-13)10-11-21-12-20-18-17(19(21)23)14-8-4-5-9-15(14)25-18/h1-3,6-7,12H,4-5,8-11H2. The molecule has 0 saturated heterocycles. The minimum absolute atomic E-state index is 0.0445. The fourth-order valence-corrected chi connectivity index (χ4v) is 4.44. The van der Waals surface area contributed by atoms with E-state index in [-0.39, 0.29) is 24.5 Å². The van der Waals surface area contributed by atoms with Gasteiger partial charge in [0.15, 0.2) is 0 Å². The van der Waals surface area contributed by atoms with Gasteiger partial charge in [-0.2, -0.15) is 0 Å². The summed E-state index contributed by atoms with van der Waals surface area (Å²) in [5.41, 5.74) is 1.13. The number of hydrogen-bond acceptors (Lipinski definition) is 5. The summed E-state index contributed by atoms with van der Waals surface area (Å²) in [6.45, 7) is 0.276. The number of esters is 1. The van der Waals surface area contributed by atoms with Crippen molar-refractivity contribution in [2.75, 3.05) is 0 Å². The number of hydrogen-bond donors (Lipinski definition) is 0. The highest BCUT2D eigenvalue weighted by molar-refractivity contribution is 7.18. The van der Waals surface area contributed by atoms with E-state index in [0.717, 1.165) is 29.5 Å². The van der Waals surface area contributed by atoms with Crippen molar-refractivity contribution in [1.29, 1.82) is 0 Å². The molecule has 1 aliphatic rings. The number of thiophene rings is 1. The predicted octanol–water partition coefficient (Wildman–Crippen LogP) is 3.33. The zero-order valence-electron chi connectivity index (χ0n) is 13.7. The van der Waals surface area contributed by atoms with Crippen molar-refractivity contribution in [1.82, 2.24) is 9.55 Å². The summed E-state index contributed by atoms with van der Waals surface area (Å²) >= 11 is 1.63. The van der Waals surface area contributed by atoms with Crippen LogP contribution < -0.4 is 10.3 Å². The van der Waals surface area contributed by atoms with Crippen molar-refractivity contribution in [3.05, 3.63) is 57.5 Å². The second kappa shape index (κ2) is 6.80. The minimum Gasteiger partial charge on any atom is -0.426 e. The van der Waals surface area contributed by atoms with Crippen LogP contribution in [0.2, 0.25) is 0 Å². The van der Waals surface area contributed by atoms with Gasteiger partial charge >= 0.3 is 5.97 Å². The Bertz CT molecular complexity index is 975. The van der Waals surface area contributed by atoms with E-state index < -0.39 is 0 Å². The first-order chi connectivity index (χ1) is 12.2. The summed E-state index contributed by atoms with van der Waals surface area (Å²) in [5, 5.41) is 0.749. The maximum Gasteiger partial charge on any atom is 0.312 e. The van der Waals surface area contributed by atoms with Gasteiger partial charge in [-0.1, -0.05) is 18.2 Å². The van der Waals surface area contributed by atoms with Crippen LogP contribution in [0.5, 0.6) is 5.75 Å². The molecular weight excluding hydrogens is 336 g/mol. The van der Waals surface area contributed by atoms with Gasteiger partial charge in [0.25, 0.3) is 5.56 Å². The smallest absolute Gasteiger partial charge is 0.312 e. The van der Waals surface area contributed by atoms with Crippen LogP contribution >= 0.6 is 11.3 Å². The first kappa shape index (κ1) is 16.0. The Morgan fingerprint density at radius 1 is 1.20 bits per heavy atom. The Kier molecular flexibility index (Phi) is 4.36. The van der Waals surface area contributed by atoms with Crippen LogP contribution in [0.1, 0.15) is 29.7 Å². The quantitative estimate of drug-likeness (QED) is 0.533. The van der Waals surface area contributed by atoms with Gasteiger partial charge in [0.05, 0.1) is 18.1 Å². The van der Waals surface area contributed by atoms with E-state index in [9.17, 15) is 9.59 Å². The average Bonchev–Trinajstić information content (AvgIpc) is 3.01. The van der Waals surface area contributed by atoms with Crippen LogP contribution in [0.3, 0.4) is 0 Å². The van der Waals surface area contributed by atoms with Gasteiger partial charge in [0.2, 0.25) is 0 Å². The molecule has 1 aliphatic carbocycles. The Morgan fingerprint density at radius 3 is 2.84 bits per heavy atom. The van der Waals surface area contributed by atoms with Gasteiger partial charge in [0.1, 0.15) is 10.6 Å². The zero-order chi connectivity index (χ0) is 17.2. The first-order valence-electron chi connectivity index (χ1n) is 8.48. The number of ether oxygens (including phenoxy) is 1. The van der Waals surface area contributed by atoms with Crippen molar-refractivity contribution < 1.29 is 9.53 Å². The van der Waals surface area contributed by atoms with Crippen LogP contribution in [0.15, 0.2) is 41.5 Å². The number of carbonyl (C=O) groups excluding carboxylic acids is 1. The van der Waals surface area contributed by atoms with E-state index in [1.54, 1.807) is 29.8 Å². The molecule has 0 bridgehead atoms. The summed E-state index contributed by atoms with van der Waals surface area (Å²) < 4.78 is 6.79. The van der Waals surface area contributed by atoms with Gasteiger partial charge in [0, 0.05) is 11.4 Å². The molecule has 3 aromatic rings. The number of carbonyl (C=O) groups is 1. The van der Waals surface area contributed by atoms with Crippen LogP contribution in [0.25, 0.3) is 10.2 Å². The lowest BCUT2D eigenvalue weighted by molar-refractivity contribution is -0.134. The molecule has 0 spiro atoms. The first-order valence-corrected chi connectivity index (χ1v) is 9.29. The van der Waals surface area contributed by atoms with Crippen LogP contribution in [0.4, 0.5) is 0 Å². The molecule has 4 rings (SSSR count). The Labute approximate surface area is 148 Å². The molecule has 6 heteroatoms. The van der Waals surface area contributed by atoms with E-state index in [4.69, 9.17) is 4.74 Å². The predicted molar refractivity (Wildman–Crippen MR) is 97.2 cm³/mol. The van der Waals surface area contributed by atoms with Crippen LogP contribution in [-0.4, -0.2) is 15.5 Å². The van der Waals surface area contributed by atoms with Gasteiger partial charge < -0.3 is 4.74 Å². The molecule has 0 fully saturated rings. The zero-order valence-corrected chi connectivity index (χ0v) is 14.6. The Balaban J connectivity index is 1.53. The van der Waals surface area contributed by atoms with Crippen LogP contribution in [0, 0.1) is 0 Å². The van der Waals surface area contributed by atoms with E-state index in [0.29, 0.717) is 5.75 Å². The van der Waals surface area contributed by atoms with E-state index in [2.05, 4.69) is 4.98 Å². The fraction of sp³-hybridized carbons (Fsp3) is 0.316. The lowest BCUT2D eigenvalue weighted by Gasteiger charge is -2.10. The van der Waals surface area contributed by atoms with Gasteiger partial charge in [-0.05, 0) is 43.4 Å². The molecule has 0 saturated carbocycles. The fourth-order valence-electron chi connectivity index (χ4n) is 3.22. The van der Waals surface area contributed by atoms with Gasteiger partial charge in [-0.25, -0.2) is 4.98 Å². The maximum atomic E-state index is 12.8. The number of aromatic nitrogens is 2. The van der Waals surface area contributed by atoms with Crippen molar-refractivity contribution in [2.24, 2.45) is 0 Å². The molecule has 0 aliphatic heterocycles. The third-order valence-electron chi connectivity index (χ3n) is 4.47. The van der Waals surface area contributed by atoms with Crippen LogP contribution in [-0.2, 0) is 24.2 Å². The third kappa shape index (κ3) is 3.22. The molecule has 0 N–H and O–H groups in total. The normalized spacial score (nSPS) is 13.6. The number of para-hydroxylation sites is 1. The maximum absolute atomic E-state index is 12.8. The summed E-state index contributed by atoms with van der Waals surface area (Å²) in [6, 6.07) is 8.94. The highest BCUT2D eigenvalue weighted by Crippen LogP contribution is 2.33. The number of rotatable bonds is 4. The van der Waals surface area contributed by atoms with Crippen molar-refractivity contribution in [2.45, 2.75) is 38.6 Å². The summed E-state index contributed by atoms with van der Waals surface area (Å²) in [4.78, 5) is 31.4. The van der Waals surface area contributed by atoms with E-state index in [1.165, 1.54) is 21.4 Å². The number of fused-ring (bicyclic) bond motifs is 3. The van der Waals surface area contributed by atoms with Crippen molar-refractivity contribution in [3.8, 4) is 5.75 Å². The lowest BCUT2D eigenvalue weighted by atomic mass is 9.97. The highest BCUT2D eigenvalue weighted by atomic mass is 32.1. The largest absolute Gasteiger partial charge is 0.426 e. The number of aryl methyl sites for hydroxylation is 3. The molecule has 25 heavy (non-hydrogen) atoms. The van der Waals surface area contributed by atoms with E-state index >= 15 is 0 Å². The number of nitrogens with zero attached hydrogens (tertiary/aromatic N) is 2. The molecule has 0 atom stereocenters. The molecule has 1 aromatic carbocycles. The second-order valence-electron chi connectivity index (χ2n) is 6.17. The number of benzene rings is 1. The molecule has 2 heterocycles. The second-order valence-corrected chi connectivity index (χ2v) is 7.25. The third-order valence-corrected chi connectivity index (χ3v) is 5.67.